The van der Waals surface area contributed by atoms with Crippen LogP contribution < -0.4 is 5.32 Å². The van der Waals surface area contributed by atoms with Gasteiger partial charge in [0.1, 0.15) is 5.15 Å². The summed E-state index contributed by atoms with van der Waals surface area (Å²) in [5, 5.41) is 8.38. The highest BCUT2D eigenvalue weighted by atomic mass is 35.5. The molecule has 0 aliphatic carbocycles. The van der Waals surface area contributed by atoms with Crippen molar-refractivity contribution >= 4 is 17.3 Å². The Labute approximate surface area is 128 Å². The smallest absolute Gasteiger partial charge is 0.132 e. The Bertz CT molecular complexity index is 737. The first kappa shape index (κ1) is 13.6. The number of aromatic nitrogens is 3. The van der Waals surface area contributed by atoms with Crippen molar-refractivity contribution in [3.63, 3.8) is 0 Å². The first-order valence-corrected chi connectivity index (χ1v) is 7.06. The number of aryl methyl sites for hydroxylation is 1. The molecule has 0 atom stereocenters. The molecule has 21 heavy (non-hydrogen) atoms. The van der Waals surface area contributed by atoms with E-state index < -0.39 is 0 Å². The molecule has 0 spiro atoms. The number of anilines is 1. The number of pyridine rings is 1. The Hall–Kier alpha value is -2.33. The van der Waals surface area contributed by atoms with E-state index in [0.29, 0.717) is 11.7 Å². The molecule has 2 aromatic heterocycles. The van der Waals surface area contributed by atoms with Crippen molar-refractivity contribution in [2.75, 3.05) is 5.32 Å². The standard InChI is InChI=1S/C16H15ClN4/c1-12-9-14(11-19-16(12)17)18-10-13-7-8-21(20-13)15-5-3-2-4-6-15/h2-9,11,18H,10H2,1H3. The maximum atomic E-state index is 5.91. The van der Waals surface area contributed by atoms with Crippen LogP contribution in [0.2, 0.25) is 5.15 Å². The average molecular weight is 299 g/mol. The van der Waals surface area contributed by atoms with Gasteiger partial charge in [0, 0.05) is 6.20 Å². The second kappa shape index (κ2) is 5.97. The Morgan fingerprint density at radius 2 is 2.00 bits per heavy atom. The summed E-state index contributed by atoms with van der Waals surface area (Å²) < 4.78 is 1.86. The van der Waals surface area contributed by atoms with E-state index in [2.05, 4.69) is 15.4 Å². The third-order valence-electron chi connectivity index (χ3n) is 3.15. The number of halogens is 1. The van der Waals surface area contributed by atoms with Gasteiger partial charge in [0.2, 0.25) is 0 Å². The van der Waals surface area contributed by atoms with Crippen LogP contribution in [0.3, 0.4) is 0 Å². The van der Waals surface area contributed by atoms with Crippen LogP contribution in [0.25, 0.3) is 5.69 Å². The summed E-state index contributed by atoms with van der Waals surface area (Å²) in [6.45, 7) is 2.58. The second-order valence-electron chi connectivity index (χ2n) is 4.77. The molecule has 4 nitrogen and oxygen atoms in total. The van der Waals surface area contributed by atoms with Crippen LogP contribution in [-0.4, -0.2) is 14.8 Å². The lowest BCUT2D eigenvalue weighted by Gasteiger charge is -2.06. The molecule has 0 fully saturated rings. The number of nitrogens with zero attached hydrogens (tertiary/aromatic N) is 3. The molecule has 0 aliphatic rings. The molecule has 1 N–H and O–H groups in total. The fraction of sp³-hybridized carbons (Fsp3) is 0.125. The molecule has 0 saturated carbocycles. The summed E-state index contributed by atoms with van der Waals surface area (Å²) in [6, 6.07) is 14.0. The van der Waals surface area contributed by atoms with Gasteiger partial charge in [-0.1, -0.05) is 29.8 Å². The summed E-state index contributed by atoms with van der Waals surface area (Å²) in [5.41, 5.74) is 3.90. The zero-order valence-electron chi connectivity index (χ0n) is 11.6. The van der Waals surface area contributed by atoms with Crippen molar-refractivity contribution < 1.29 is 0 Å². The van der Waals surface area contributed by atoms with Crippen LogP contribution in [0.15, 0.2) is 54.9 Å². The maximum Gasteiger partial charge on any atom is 0.132 e. The van der Waals surface area contributed by atoms with E-state index in [1.54, 1.807) is 6.20 Å². The van der Waals surface area contributed by atoms with Crippen LogP contribution in [0.5, 0.6) is 0 Å². The average Bonchev–Trinajstić information content (AvgIpc) is 2.98. The predicted octanol–water partition coefficient (Wildman–Crippen LogP) is 3.84. The van der Waals surface area contributed by atoms with Crippen LogP contribution in [0.4, 0.5) is 5.69 Å². The van der Waals surface area contributed by atoms with E-state index in [0.717, 1.165) is 22.6 Å². The first-order valence-electron chi connectivity index (χ1n) is 6.68. The van der Waals surface area contributed by atoms with Gasteiger partial charge in [-0.3, -0.25) is 0 Å². The number of benzene rings is 1. The van der Waals surface area contributed by atoms with Gasteiger partial charge in [-0.25, -0.2) is 9.67 Å². The van der Waals surface area contributed by atoms with Gasteiger partial charge in [0.15, 0.2) is 0 Å². The molecular formula is C16H15ClN4. The summed E-state index contributed by atoms with van der Waals surface area (Å²) in [4.78, 5) is 4.12. The number of hydrogen-bond donors (Lipinski definition) is 1. The van der Waals surface area contributed by atoms with Gasteiger partial charge in [-0.15, -0.1) is 0 Å². The molecule has 3 aromatic rings. The molecule has 3 rings (SSSR count). The lowest BCUT2D eigenvalue weighted by molar-refractivity contribution is 0.844. The first-order chi connectivity index (χ1) is 10.2. The lowest BCUT2D eigenvalue weighted by atomic mass is 10.3. The molecule has 2 heterocycles. The minimum absolute atomic E-state index is 0.536. The Morgan fingerprint density at radius 3 is 2.76 bits per heavy atom. The quantitative estimate of drug-likeness (QED) is 0.744. The SMILES string of the molecule is Cc1cc(NCc2ccn(-c3ccccc3)n2)cnc1Cl. The van der Waals surface area contributed by atoms with Crippen molar-refractivity contribution in [2.45, 2.75) is 13.5 Å². The minimum atomic E-state index is 0.536. The number of para-hydroxylation sites is 1. The van der Waals surface area contributed by atoms with E-state index >= 15 is 0 Å². The summed E-state index contributed by atoms with van der Waals surface area (Å²) in [7, 11) is 0. The molecule has 0 unspecified atom stereocenters. The Balaban J connectivity index is 1.69. The van der Waals surface area contributed by atoms with Gasteiger partial charge in [-0.2, -0.15) is 5.10 Å². The van der Waals surface area contributed by atoms with E-state index in [-0.39, 0.29) is 0 Å². The van der Waals surface area contributed by atoms with E-state index in [1.165, 1.54) is 0 Å². The fourth-order valence-electron chi connectivity index (χ4n) is 2.03. The van der Waals surface area contributed by atoms with E-state index in [9.17, 15) is 0 Å². The molecular weight excluding hydrogens is 284 g/mol. The number of rotatable bonds is 4. The summed E-state index contributed by atoms with van der Waals surface area (Å²) in [6.07, 6.45) is 3.68. The van der Waals surface area contributed by atoms with Crippen molar-refractivity contribution in [3.05, 3.63) is 71.3 Å². The topological polar surface area (TPSA) is 42.7 Å². The molecule has 0 aliphatic heterocycles. The monoisotopic (exact) mass is 298 g/mol. The minimum Gasteiger partial charge on any atom is -0.378 e. The second-order valence-corrected chi connectivity index (χ2v) is 5.13. The highest BCUT2D eigenvalue weighted by molar-refractivity contribution is 6.30. The Kier molecular flexibility index (Phi) is 3.88. The van der Waals surface area contributed by atoms with Crippen LogP contribution in [0.1, 0.15) is 11.3 Å². The zero-order valence-corrected chi connectivity index (χ0v) is 12.4. The summed E-state index contributed by atoms with van der Waals surface area (Å²) >= 11 is 5.91. The van der Waals surface area contributed by atoms with Gasteiger partial charge in [0.05, 0.1) is 29.8 Å². The summed E-state index contributed by atoms with van der Waals surface area (Å²) in [5.74, 6) is 0. The van der Waals surface area contributed by atoms with Crippen LogP contribution in [0, 0.1) is 6.92 Å². The van der Waals surface area contributed by atoms with Crippen LogP contribution in [-0.2, 0) is 6.54 Å². The van der Waals surface area contributed by atoms with Gasteiger partial charge in [-0.05, 0) is 36.8 Å². The molecule has 0 amide bonds. The molecule has 106 valence electrons. The third-order valence-corrected chi connectivity index (χ3v) is 3.55. The van der Waals surface area contributed by atoms with E-state index in [4.69, 9.17) is 11.6 Å². The van der Waals surface area contributed by atoms with E-state index in [1.807, 2.05) is 60.3 Å². The van der Waals surface area contributed by atoms with Crippen molar-refractivity contribution in [1.82, 2.24) is 14.8 Å². The van der Waals surface area contributed by atoms with Gasteiger partial charge >= 0.3 is 0 Å². The zero-order chi connectivity index (χ0) is 14.7. The molecule has 0 saturated heterocycles. The predicted molar refractivity (Wildman–Crippen MR) is 84.9 cm³/mol. The lowest BCUT2D eigenvalue weighted by Crippen LogP contribution is -2.02. The van der Waals surface area contributed by atoms with Crippen molar-refractivity contribution in [3.8, 4) is 5.69 Å². The van der Waals surface area contributed by atoms with Gasteiger partial charge < -0.3 is 5.32 Å². The van der Waals surface area contributed by atoms with Crippen molar-refractivity contribution in [1.29, 1.82) is 0 Å². The number of nitrogens with one attached hydrogen (secondary N) is 1. The van der Waals surface area contributed by atoms with Crippen molar-refractivity contribution in [2.24, 2.45) is 0 Å². The fourth-order valence-corrected chi connectivity index (χ4v) is 2.13. The normalized spacial score (nSPS) is 10.6. The molecule has 5 heteroatoms. The Morgan fingerprint density at radius 1 is 1.19 bits per heavy atom. The molecule has 0 radical (unpaired) electrons. The maximum absolute atomic E-state index is 5.91. The number of hydrogen-bond acceptors (Lipinski definition) is 3. The highest BCUT2D eigenvalue weighted by Gasteiger charge is 2.02. The van der Waals surface area contributed by atoms with Crippen LogP contribution >= 0.6 is 11.6 Å². The largest absolute Gasteiger partial charge is 0.378 e. The third kappa shape index (κ3) is 3.23. The highest BCUT2D eigenvalue weighted by Crippen LogP contribution is 2.16. The molecule has 0 bridgehead atoms. The molecule has 1 aromatic carbocycles. The van der Waals surface area contributed by atoms with Gasteiger partial charge in [0.25, 0.3) is 0 Å².